The smallest absolute Gasteiger partial charge is 0.119 e. The molecule has 2 radical (unpaired) electrons. The molecule has 0 saturated heterocycles. The summed E-state index contributed by atoms with van der Waals surface area (Å²) in [5.41, 5.74) is 0. The van der Waals surface area contributed by atoms with Gasteiger partial charge in [-0.05, 0) is 6.42 Å². The van der Waals surface area contributed by atoms with Crippen LogP contribution in [0.3, 0.4) is 0 Å². The van der Waals surface area contributed by atoms with Crippen LogP contribution < -0.4 is 0 Å². The Kier molecular flexibility index (Phi) is 13.5. The Morgan fingerprint density at radius 2 is 2.17 bits per heavy atom. The molecular formula is C4H8O2. The van der Waals surface area contributed by atoms with Gasteiger partial charge in [-0.3, -0.25) is 0 Å². The van der Waals surface area contributed by atoms with Crippen LogP contribution in [-0.4, -0.2) is 6.29 Å². The van der Waals surface area contributed by atoms with Gasteiger partial charge in [0.05, 0.1) is 0 Å². The molecule has 0 spiro atoms. The number of carbonyl (C=O) groups excluding carboxylic acids is 1. The molecule has 0 aromatic heterocycles. The first-order valence-corrected chi connectivity index (χ1v) is 1.85. The highest BCUT2D eigenvalue weighted by Gasteiger charge is 1.66. The topological polar surface area (TPSA) is 45.6 Å². The van der Waals surface area contributed by atoms with Gasteiger partial charge in [0, 0.05) is 11.9 Å². The predicted molar refractivity (Wildman–Crippen MR) is 21.7 cm³/mol. The molecule has 2 heteroatoms. The van der Waals surface area contributed by atoms with Gasteiger partial charge in [-0.2, -0.15) is 0 Å². The van der Waals surface area contributed by atoms with E-state index in [0.717, 1.165) is 12.7 Å². The first kappa shape index (κ1) is 9.16. The SMILES string of the molecule is CCCC=O.[O]. The van der Waals surface area contributed by atoms with Crippen LogP contribution in [0.15, 0.2) is 0 Å². The van der Waals surface area contributed by atoms with E-state index in [9.17, 15) is 4.79 Å². The van der Waals surface area contributed by atoms with Gasteiger partial charge in [0.1, 0.15) is 6.29 Å². The summed E-state index contributed by atoms with van der Waals surface area (Å²) in [6.45, 7) is 1.98. The Hall–Kier alpha value is -0.370. The maximum atomic E-state index is 9.40. The van der Waals surface area contributed by atoms with Crippen molar-refractivity contribution in [1.82, 2.24) is 0 Å². The van der Waals surface area contributed by atoms with Gasteiger partial charge < -0.3 is 4.79 Å². The van der Waals surface area contributed by atoms with Crippen molar-refractivity contribution in [3.8, 4) is 0 Å². The van der Waals surface area contributed by atoms with Crippen molar-refractivity contribution in [2.45, 2.75) is 19.8 Å². The van der Waals surface area contributed by atoms with Crippen LogP contribution in [0.2, 0.25) is 0 Å². The minimum Gasteiger partial charge on any atom is -0.303 e. The molecule has 0 aliphatic carbocycles. The third-order valence-corrected chi connectivity index (χ3v) is 0.407. The average molecular weight is 88.1 g/mol. The monoisotopic (exact) mass is 88.1 g/mol. The molecule has 6 heavy (non-hydrogen) atoms. The molecule has 0 rings (SSSR count). The molecule has 36 valence electrons. The molecular weight excluding hydrogens is 80.0 g/mol. The number of rotatable bonds is 2. The van der Waals surface area contributed by atoms with Crippen LogP contribution in [0.5, 0.6) is 0 Å². The Labute approximate surface area is 37.5 Å². The van der Waals surface area contributed by atoms with Gasteiger partial charge in [-0.15, -0.1) is 0 Å². The maximum Gasteiger partial charge on any atom is 0.119 e. The van der Waals surface area contributed by atoms with Gasteiger partial charge >= 0.3 is 0 Å². The quantitative estimate of drug-likeness (QED) is 0.462. The van der Waals surface area contributed by atoms with Crippen molar-refractivity contribution >= 4 is 6.29 Å². The van der Waals surface area contributed by atoms with Crippen molar-refractivity contribution < 1.29 is 10.3 Å². The second-order valence-corrected chi connectivity index (χ2v) is 0.955. The summed E-state index contributed by atoms with van der Waals surface area (Å²) in [7, 11) is 0. The molecule has 0 saturated carbocycles. The van der Waals surface area contributed by atoms with Crippen LogP contribution >= 0.6 is 0 Å². The summed E-state index contributed by atoms with van der Waals surface area (Å²) in [4.78, 5) is 9.40. The van der Waals surface area contributed by atoms with Crippen LogP contribution in [0, 0.1) is 0 Å². The highest BCUT2D eigenvalue weighted by molar-refractivity contribution is 5.48. The van der Waals surface area contributed by atoms with E-state index >= 15 is 0 Å². The predicted octanol–water partition coefficient (Wildman–Crippen LogP) is 0.867. The second-order valence-electron chi connectivity index (χ2n) is 0.955. The van der Waals surface area contributed by atoms with Gasteiger partial charge in [0.15, 0.2) is 0 Å². The molecule has 0 aromatic carbocycles. The summed E-state index contributed by atoms with van der Waals surface area (Å²) in [5, 5.41) is 0. The van der Waals surface area contributed by atoms with Crippen molar-refractivity contribution in [3.05, 3.63) is 0 Å². The highest BCUT2D eigenvalue weighted by Crippen LogP contribution is 1.74. The zero-order valence-electron chi connectivity index (χ0n) is 3.81. The van der Waals surface area contributed by atoms with Crippen LogP contribution in [-0.2, 0) is 10.3 Å². The Bertz CT molecular complexity index is 26.7. The third kappa shape index (κ3) is 9.45. The number of carbonyl (C=O) groups is 1. The minimum absolute atomic E-state index is 0. The Morgan fingerprint density at radius 3 is 2.17 bits per heavy atom. The lowest BCUT2D eigenvalue weighted by Crippen LogP contribution is -1.64. The summed E-state index contributed by atoms with van der Waals surface area (Å²) < 4.78 is 0. The van der Waals surface area contributed by atoms with E-state index in [1.807, 2.05) is 6.92 Å². The van der Waals surface area contributed by atoms with E-state index in [-0.39, 0.29) is 5.48 Å². The summed E-state index contributed by atoms with van der Waals surface area (Å²) >= 11 is 0. The molecule has 0 aliphatic heterocycles. The normalized spacial score (nSPS) is 6.17. The van der Waals surface area contributed by atoms with E-state index in [1.54, 1.807) is 0 Å². The highest BCUT2D eigenvalue weighted by atomic mass is 16.1. The summed E-state index contributed by atoms with van der Waals surface area (Å²) in [6, 6.07) is 0. The van der Waals surface area contributed by atoms with Crippen molar-refractivity contribution in [2.24, 2.45) is 0 Å². The molecule has 0 aliphatic rings. The zero-order valence-corrected chi connectivity index (χ0v) is 3.81. The minimum atomic E-state index is 0. The first-order valence-electron chi connectivity index (χ1n) is 1.85. The summed E-state index contributed by atoms with van der Waals surface area (Å²) in [6.07, 6.45) is 2.61. The largest absolute Gasteiger partial charge is 0.303 e. The molecule has 0 N–H and O–H groups in total. The molecule has 2 nitrogen and oxygen atoms in total. The first-order chi connectivity index (χ1) is 2.41. The van der Waals surface area contributed by atoms with E-state index < -0.39 is 0 Å². The Morgan fingerprint density at radius 1 is 1.67 bits per heavy atom. The lowest BCUT2D eigenvalue weighted by atomic mass is 10.4. The molecule has 0 heterocycles. The number of aldehydes is 1. The van der Waals surface area contributed by atoms with Crippen molar-refractivity contribution in [3.63, 3.8) is 0 Å². The van der Waals surface area contributed by atoms with Crippen molar-refractivity contribution in [2.75, 3.05) is 0 Å². The van der Waals surface area contributed by atoms with Crippen LogP contribution in [0.25, 0.3) is 0 Å². The standard InChI is InChI=1S/C4H8O.O/c1-2-3-4-5;/h4H,2-3H2,1H3;. The lowest BCUT2D eigenvalue weighted by molar-refractivity contribution is -0.107. The van der Waals surface area contributed by atoms with Gasteiger partial charge in [0.2, 0.25) is 0 Å². The fourth-order valence-electron chi connectivity index (χ4n) is 0.118. The fraction of sp³-hybridized carbons (Fsp3) is 0.750. The molecule has 0 amide bonds. The van der Waals surface area contributed by atoms with Gasteiger partial charge in [0.25, 0.3) is 0 Å². The van der Waals surface area contributed by atoms with E-state index in [4.69, 9.17) is 0 Å². The average Bonchev–Trinajstić information content (AvgIpc) is 1.41. The van der Waals surface area contributed by atoms with E-state index in [1.165, 1.54) is 0 Å². The summed E-state index contributed by atoms with van der Waals surface area (Å²) in [5.74, 6) is 0. The second kappa shape index (κ2) is 8.82. The molecule has 0 atom stereocenters. The van der Waals surface area contributed by atoms with E-state index in [2.05, 4.69) is 0 Å². The molecule has 0 bridgehead atoms. The van der Waals surface area contributed by atoms with Crippen LogP contribution in [0.4, 0.5) is 0 Å². The number of unbranched alkanes of at least 4 members (excludes halogenated alkanes) is 1. The maximum absolute atomic E-state index is 9.40. The van der Waals surface area contributed by atoms with Gasteiger partial charge in [-0.25, -0.2) is 0 Å². The third-order valence-electron chi connectivity index (χ3n) is 0.407. The lowest BCUT2D eigenvalue weighted by Gasteiger charge is -1.68. The van der Waals surface area contributed by atoms with E-state index in [0.29, 0.717) is 6.42 Å². The Balaban J connectivity index is 0. The molecule has 0 fully saturated rings. The zero-order chi connectivity index (χ0) is 4.12. The van der Waals surface area contributed by atoms with Crippen LogP contribution in [0.1, 0.15) is 19.8 Å². The fourth-order valence-corrected chi connectivity index (χ4v) is 0.118. The van der Waals surface area contributed by atoms with Crippen molar-refractivity contribution in [1.29, 1.82) is 0 Å². The number of hydrogen-bond acceptors (Lipinski definition) is 1. The number of hydrogen-bond donors (Lipinski definition) is 0. The molecule has 0 aromatic rings. The van der Waals surface area contributed by atoms with Gasteiger partial charge in [-0.1, -0.05) is 6.92 Å². The molecule has 0 unspecified atom stereocenters.